The van der Waals surface area contributed by atoms with Gasteiger partial charge < -0.3 is 19.4 Å². The number of hydrogen-bond acceptors (Lipinski definition) is 8. The number of nitrogens with zero attached hydrogens (tertiary/aromatic N) is 7. The summed E-state index contributed by atoms with van der Waals surface area (Å²) < 4.78 is 5.45. The third-order valence-electron chi connectivity index (χ3n) is 5.97. The van der Waals surface area contributed by atoms with Crippen LogP contribution in [0, 0.1) is 0 Å². The van der Waals surface area contributed by atoms with Crippen LogP contribution in [0.15, 0.2) is 24.4 Å². The van der Waals surface area contributed by atoms with E-state index in [1.54, 1.807) is 0 Å². The number of aromatic nitrogens is 4. The molecule has 1 unspecified atom stereocenters. The molecule has 2 aromatic heterocycles. The van der Waals surface area contributed by atoms with E-state index in [-0.39, 0.29) is 5.41 Å². The predicted octanol–water partition coefficient (Wildman–Crippen LogP) is 2.51. The van der Waals surface area contributed by atoms with Crippen molar-refractivity contribution in [2.24, 2.45) is 0 Å². The van der Waals surface area contributed by atoms with Crippen LogP contribution in [0.2, 0.25) is 0 Å². The lowest BCUT2D eigenvalue weighted by atomic mass is 9.92. The van der Waals surface area contributed by atoms with E-state index >= 15 is 0 Å². The van der Waals surface area contributed by atoms with Crippen LogP contribution in [0.25, 0.3) is 0 Å². The summed E-state index contributed by atoms with van der Waals surface area (Å²) in [4.78, 5) is 16.2. The Morgan fingerprint density at radius 1 is 1.03 bits per heavy atom. The average molecular weight is 412 g/mol. The highest BCUT2D eigenvalue weighted by molar-refractivity contribution is 5.46. The Bertz CT molecular complexity index is 830. The number of morpholine rings is 1. The number of rotatable bonds is 4. The van der Waals surface area contributed by atoms with Crippen LogP contribution in [-0.2, 0) is 10.2 Å². The zero-order valence-corrected chi connectivity index (χ0v) is 18.6. The summed E-state index contributed by atoms with van der Waals surface area (Å²) in [5.41, 5.74) is 1.04. The molecule has 8 nitrogen and oxygen atoms in total. The maximum Gasteiger partial charge on any atom is 0.227 e. The summed E-state index contributed by atoms with van der Waals surface area (Å²) in [7, 11) is 2.13. The normalized spacial score (nSPS) is 20.3. The summed E-state index contributed by atoms with van der Waals surface area (Å²) >= 11 is 0. The molecule has 30 heavy (non-hydrogen) atoms. The van der Waals surface area contributed by atoms with Crippen molar-refractivity contribution in [3.05, 3.63) is 30.1 Å². The maximum absolute atomic E-state index is 5.45. The number of piperidine rings is 1. The van der Waals surface area contributed by atoms with E-state index in [0.29, 0.717) is 6.04 Å². The molecule has 0 saturated carbocycles. The van der Waals surface area contributed by atoms with Crippen molar-refractivity contribution in [3.8, 4) is 0 Å². The van der Waals surface area contributed by atoms with Gasteiger partial charge in [-0.1, -0.05) is 20.8 Å². The van der Waals surface area contributed by atoms with Crippen molar-refractivity contribution in [2.75, 3.05) is 61.1 Å². The Morgan fingerprint density at radius 3 is 2.53 bits per heavy atom. The zero-order valence-electron chi connectivity index (χ0n) is 18.6. The molecule has 0 N–H and O–H groups in total. The van der Waals surface area contributed by atoms with Gasteiger partial charge in [-0.25, -0.2) is 4.98 Å². The number of ether oxygens (including phenoxy) is 1. The highest BCUT2D eigenvalue weighted by Crippen LogP contribution is 2.25. The standard InChI is InChI=1S/C22H33N7O/c1-22(2,3)18-7-8-20(26-25-18)29-11-5-6-17(16-29)27(4)19-9-10-23-21(24-19)28-12-14-30-15-13-28/h7-10,17H,5-6,11-16H2,1-4H3. The first-order chi connectivity index (χ1) is 14.4. The molecule has 2 fully saturated rings. The van der Waals surface area contributed by atoms with Gasteiger partial charge in [0.05, 0.1) is 18.9 Å². The van der Waals surface area contributed by atoms with Crippen LogP contribution in [0.1, 0.15) is 39.3 Å². The maximum atomic E-state index is 5.45. The largest absolute Gasteiger partial charge is 0.378 e. The van der Waals surface area contributed by atoms with Gasteiger partial charge in [0.15, 0.2) is 5.82 Å². The average Bonchev–Trinajstić information content (AvgIpc) is 2.79. The van der Waals surface area contributed by atoms with Gasteiger partial charge in [0, 0.05) is 50.9 Å². The van der Waals surface area contributed by atoms with Crippen LogP contribution >= 0.6 is 0 Å². The second-order valence-electron chi connectivity index (χ2n) is 9.19. The van der Waals surface area contributed by atoms with E-state index in [2.05, 4.69) is 69.8 Å². The monoisotopic (exact) mass is 411 g/mol. The zero-order chi connectivity index (χ0) is 21.1. The molecule has 2 aromatic rings. The summed E-state index contributed by atoms with van der Waals surface area (Å²) in [6, 6.07) is 6.59. The summed E-state index contributed by atoms with van der Waals surface area (Å²) in [6.07, 6.45) is 4.12. The van der Waals surface area contributed by atoms with Crippen molar-refractivity contribution in [1.29, 1.82) is 0 Å². The molecular formula is C22H33N7O. The lowest BCUT2D eigenvalue weighted by Gasteiger charge is -2.38. The van der Waals surface area contributed by atoms with Gasteiger partial charge in [-0.05, 0) is 31.0 Å². The van der Waals surface area contributed by atoms with E-state index in [1.165, 1.54) is 0 Å². The third-order valence-corrected chi connectivity index (χ3v) is 5.97. The number of anilines is 3. The summed E-state index contributed by atoms with van der Waals surface area (Å²) in [5, 5.41) is 9.00. The predicted molar refractivity (Wildman–Crippen MR) is 119 cm³/mol. The minimum absolute atomic E-state index is 0.0153. The van der Waals surface area contributed by atoms with E-state index in [4.69, 9.17) is 9.72 Å². The Labute approximate surface area is 179 Å². The minimum atomic E-state index is 0.0153. The van der Waals surface area contributed by atoms with Gasteiger partial charge >= 0.3 is 0 Å². The first-order valence-electron chi connectivity index (χ1n) is 10.9. The molecule has 2 saturated heterocycles. The Hall–Kier alpha value is -2.48. The van der Waals surface area contributed by atoms with Crippen molar-refractivity contribution in [1.82, 2.24) is 20.2 Å². The molecule has 8 heteroatoms. The number of hydrogen-bond donors (Lipinski definition) is 0. The molecule has 0 amide bonds. The van der Waals surface area contributed by atoms with Crippen LogP contribution in [-0.4, -0.2) is 72.6 Å². The lowest BCUT2D eigenvalue weighted by molar-refractivity contribution is 0.122. The summed E-state index contributed by atoms with van der Waals surface area (Å²) in [5.74, 6) is 2.71. The molecular weight excluding hydrogens is 378 g/mol. The SMILES string of the molecule is CN(c1ccnc(N2CCOCC2)n1)C1CCCN(c2ccc(C(C)(C)C)nn2)C1. The second-order valence-corrected chi connectivity index (χ2v) is 9.19. The Kier molecular flexibility index (Phi) is 6.04. The first-order valence-corrected chi connectivity index (χ1v) is 10.9. The van der Waals surface area contributed by atoms with Gasteiger partial charge in [-0.3, -0.25) is 0 Å². The first kappa shape index (κ1) is 20.8. The van der Waals surface area contributed by atoms with Gasteiger partial charge in [-0.15, -0.1) is 5.10 Å². The van der Waals surface area contributed by atoms with E-state index in [1.807, 2.05) is 12.3 Å². The fraction of sp³-hybridized carbons (Fsp3) is 0.636. The van der Waals surface area contributed by atoms with Crippen molar-refractivity contribution in [3.63, 3.8) is 0 Å². The Morgan fingerprint density at radius 2 is 1.83 bits per heavy atom. The smallest absolute Gasteiger partial charge is 0.227 e. The molecule has 0 radical (unpaired) electrons. The quantitative estimate of drug-likeness (QED) is 0.760. The van der Waals surface area contributed by atoms with Crippen LogP contribution in [0.4, 0.5) is 17.6 Å². The Balaban J connectivity index is 1.45. The van der Waals surface area contributed by atoms with Gasteiger partial charge in [0.2, 0.25) is 5.95 Å². The van der Waals surface area contributed by atoms with Gasteiger partial charge in [0.1, 0.15) is 5.82 Å². The minimum Gasteiger partial charge on any atom is -0.378 e. The molecule has 2 aliphatic heterocycles. The number of likely N-dealkylation sites (N-methyl/N-ethyl adjacent to an activating group) is 1. The lowest BCUT2D eigenvalue weighted by Crippen LogP contribution is -2.47. The van der Waals surface area contributed by atoms with Crippen LogP contribution < -0.4 is 14.7 Å². The highest BCUT2D eigenvalue weighted by atomic mass is 16.5. The fourth-order valence-corrected chi connectivity index (χ4v) is 4.01. The molecule has 1 atom stereocenters. The van der Waals surface area contributed by atoms with Gasteiger partial charge in [0.25, 0.3) is 0 Å². The van der Waals surface area contributed by atoms with Crippen molar-refractivity contribution in [2.45, 2.75) is 45.1 Å². The molecule has 0 spiro atoms. The van der Waals surface area contributed by atoms with Crippen molar-refractivity contribution >= 4 is 17.6 Å². The van der Waals surface area contributed by atoms with E-state index < -0.39 is 0 Å². The van der Waals surface area contributed by atoms with E-state index in [0.717, 1.165) is 75.5 Å². The summed E-state index contributed by atoms with van der Waals surface area (Å²) in [6.45, 7) is 11.6. The molecule has 0 bridgehead atoms. The molecule has 0 aromatic carbocycles. The third kappa shape index (κ3) is 4.64. The van der Waals surface area contributed by atoms with Gasteiger partial charge in [-0.2, -0.15) is 10.1 Å². The molecule has 2 aliphatic rings. The van der Waals surface area contributed by atoms with E-state index in [9.17, 15) is 0 Å². The molecule has 162 valence electrons. The van der Waals surface area contributed by atoms with Crippen LogP contribution in [0.3, 0.4) is 0 Å². The highest BCUT2D eigenvalue weighted by Gasteiger charge is 2.26. The van der Waals surface area contributed by atoms with Crippen LogP contribution in [0.5, 0.6) is 0 Å². The molecule has 4 heterocycles. The molecule has 0 aliphatic carbocycles. The van der Waals surface area contributed by atoms with Crippen molar-refractivity contribution < 1.29 is 4.74 Å². The topological polar surface area (TPSA) is 70.5 Å². The second kappa shape index (κ2) is 8.71. The molecule has 4 rings (SSSR count). The fourth-order valence-electron chi connectivity index (χ4n) is 4.01.